The fourth-order valence-corrected chi connectivity index (χ4v) is 6.51. The number of fused-ring (bicyclic) bond motifs is 4. The number of carbonyl (C=O) groups is 1. The number of aryl methyl sites for hydroxylation is 2. The van der Waals surface area contributed by atoms with Crippen LogP contribution in [0.5, 0.6) is 0 Å². The van der Waals surface area contributed by atoms with Crippen LogP contribution >= 0.6 is 23.1 Å². The van der Waals surface area contributed by atoms with Crippen LogP contribution in [0.1, 0.15) is 40.0 Å². The van der Waals surface area contributed by atoms with Gasteiger partial charge in [-0.25, -0.2) is 9.97 Å². The third-order valence-electron chi connectivity index (χ3n) is 5.46. The number of thioether (sulfide) groups is 1. The van der Waals surface area contributed by atoms with Gasteiger partial charge in [-0.05, 0) is 43.7 Å². The zero-order valence-electron chi connectivity index (χ0n) is 15.9. The molecule has 5 rings (SSSR count). The molecular weight excluding hydrogens is 386 g/mol. The SMILES string of the molecule is Cc1nc(SCC(=O)c2c[nH]c3ccccc23)c2c3c(sc2n1)C[C@@H](C)CC3. The van der Waals surface area contributed by atoms with Crippen LogP contribution in [0.2, 0.25) is 0 Å². The maximum absolute atomic E-state index is 12.9. The minimum atomic E-state index is 0.129. The van der Waals surface area contributed by atoms with E-state index in [1.165, 1.54) is 22.2 Å². The number of aromatic nitrogens is 3. The van der Waals surface area contributed by atoms with Crippen LogP contribution in [0.15, 0.2) is 35.5 Å². The number of benzene rings is 1. The molecule has 0 radical (unpaired) electrons. The molecule has 3 heterocycles. The van der Waals surface area contributed by atoms with Crippen molar-refractivity contribution >= 4 is 50.0 Å². The average Bonchev–Trinajstić information content (AvgIpc) is 3.26. The Morgan fingerprint density at radius 3 is 3.07 bits per heavy atom. The zero-order valence-corrected chi connectivity index (χ0v) is 17.5. The van der Waals surface area contributed by atoms with E-state index in [1.54, 1.807) is 11.8 Å². The number of H-pyrrole nitrogens is 1. The second-order valence-electron chi connectivity index (χ2n) is 7.57. The number of hydrogen-bond acceptors (Lipinski definition) is 5. The van der Waals surface area contributed by atoms with Crippen LogP contribution in [0.25, 0.3) is 21.1 Å². The number of ketones is 1. The number of nitrogens with one attached hydrogen (secondary N) is 1. The number of rotatable bonds is 4. The minimum absolute atomic E-state index is 0.129. The molecule has 1 aliphatic rings. The summed E-state index contributed by atoms with van der Waals surface area (Å²) in [5.41, 5.74) is 3.17. The molecule has 1 N–H and O–H groups in total. The second-order valence-corrected chi connectivity index (χ2v) is 9.62. The van der Waals surface area contributed by atoms with Gasteiger partial charge in [-0.2, -0.15) is 0 Å². The lowest BCUT2D eigenvalue weighted by Gasteiger charge is -2.18. The van der Waals surface area contributed by atoms with Crippen molar-refractivity contribution in [1.29, 1.82) is 0 Å². The predicted molar refractivity (Wildman–Crippen MR) is 117 cm³/mol. The second kappa shape index (κ2) is 7.01. The number of thiophene rings is 1. The molecule has 6 heteroatoms. The zero-order chi connectivity index (χ0) is 19.3. The van der Waals surface area contributed by atoms with Gasteiger partial charge in [-0.3, -0.25) is 4.79 Å². The number of hydrogen-bond donors (Lipinski definition) is 1. The van der Waals surface area contributed by atoms with Gasteiger partial charge in [0.05, 0.1) is 5.75 Å². The van der Waals surface area contributed by atoms with E-state index in [9.17, 15) is 4.79 Å². The largest absolute Gasteiger partial charge is 0.360 e. The predicted octanol–water partition coefficient (Wildman–Crippen LogP) is 5.58. The highest BCUT2D eigenvalue weighted by molar-refractivity contribution is 8.00. The highest BCUT2D eigenvalue weighted by Gasteiger charge is 2.24. The summed E-state index contributed by atoms with van der Waals surface area (Å²) in [7, 11) is 0. The van der Waals surface area contributed by atoms with Crippen molar-refractivity contribution in [2.75, 3.05) is 5.75 Å². The Bertz CT molecular complexity index is 1210. The first-order valence-electron chi connectivity index (χ1n) is 9.61. The Labute approximate surface area is 171 Å². The van der Waals surface area contributed by atoms with Gasteiger partial charge in [0.1, 0.15) is 15.7 Å². The number of Topliss-reactive ketones (excluding diaryl/α,β-unsaturated/α-hetero) is 1. The fourth-order valence-electron chi connectivity index (χ4n) is 4.03. The van der Waals surface area contributed by atoms with E-state index in [0.29, 0.717) is 5.75 Å². The van der Waals surface area contributed by atoms with Crippen LogP contribution in [0, 0.1) is 12.8 Å². The van der Waals surface area contributed by atoms with Crippen molar-refractivity contribution in [2.24, 2.45) is 5.92 Å². The molecule has 142 valence electrons. The summed E-state index contributed by atoms with van der Waals surface area (Å²) >= 11 is 3.36. The molecule has 4 nitrogen and oxygen atoms in total. The van der Waals surface area contributed by atoms with Crippen LogP contribution in [-0.4, -0.2) is 26.5 Å². The summed E-state index contributed by atoms with van der Waals surface area (Å²) in [6.45, 7) is 4.26. The Morgan fingerprint density at radius 1 is 1.32 bits per heavy atom. The standard InChI is InChI=1S/C22H21N3OS2/c1-12-7-8-15-19(9-12)28-22-20(15)21(24-13(2)25-22)27-11-18(26)16-10-23-17-6-4-3-5-14(16)17/h3-6,10,12,23H,7-9,11H2,1-2H3/t12-/m0/s1. The van der Waals surface area contributed by atoms with Gasteiger partial charge in [0.2, 0.25) is 0 Å². The minimum Gasteiger partial charge on any atom is -0.360 e. The number of aromatic amines is 1. The van der Waals surface area contributed by atoms with E-state index in [-0.39, 0.29) is 5.78 Å². The molecule has 0 bridgehead atoms. The first-order chi connectivity index (χ1) is 13.6. The summed E-state index contributed by atoms with van der Waals surface area (Å²) in [6, 6.07) is 7.93. The van der Waals surface area contributed by atoms with E-state index in [4.69, 9.17) is 4.98 Å². The van der Waals surface area contributed by atoms with E-state index in [1.807, 2.05) is 48.7 Å². The van der Waals surface area contributed by atoms with Crippen molar-refractivity contribution < 1.29 is 4.79 Å². The molecule has 0 fully saturated rings. The summed E-state index contributed by atoms with van der Waals surface area (Å²) in [6.07, 6.45) is 5.26. The van der Waals surface area contributed by atoms with E-state index < -0.39 is 0 Å². The maximum Gasteiger partial charge on any atom is 0.175 e. The van der Waals surface area contributed by atoms with Crippen LogP contribution < -0.4 is 0 Å². The lowest BCUT2D eigenvalue weighted by atomic mass is 9.89. The summed E-state index contributed by atoms with van der Waals surface area (Å²) in [4.78, 5) is 28.0. The Morgan fingerprint density at radius 2 is 2.18 bits per heavy atom. The molecule has 0 amide bonds. The summed E-state index contributed by atoms with van der Waals surface area (Å²) in [5, 5.41) is 3.14. The Balaban J connectivity index is 1.47. The van der Waals surface area contributed by atoms with Crippen molar-refractivity contribution in [3.05, 3.63) is 52.3 Å². The maximum atomic E-state index is 12.9. The molecule has 0 unspecified atom stereocenters. The third kappa shape index (κ3) is 3.05. The molecule has 0 spiro atoms. The monoisotopic (exact) mass is 407 g/mol. The normalized spacial score (nSPS) is 16.6. The lowest BCUT2D eigenvalue weighted by Crippen LogP contribution is -2.09. The van der Waals surface area contributed by atoms with Gasteiger partial charge >= 0.3 is 0 Å². The highest BCUT2D eigenvalue weighted by atomic mass is 32.2. The van der Waals surface area contributed by atoms with Gasteiger partial charge in [0.15, 0.2) is 5.78 Å². The number of nitrogens with zero attached hydrogens (tertiary/aromatic N) is 2. The third-order valence-corrected chi connectivity index (χ3v) is 7.59. The van der Waals surface area contributed by atoms with Crippen LogP contribution in [-0.2, 0) is 12.8 Å². The van der Waals surface area contributed by atoms with Crippen molar-refractivity contribution in [3.8, 4) is 0 Å². The molecule has 1 aliphatic carbocycles. The highest BCUT2D eigenvalue weighted by Crippen LogP contribution is 2.41. The van der Waals surface area contributed by atoms with Gasteiger partial charge in [0.25, 0.3) is 0 Å². The van der Waals surface area contributed by atoms with Gasteiger partial charge in [-0.1, -0.05) is 36.9 Å². The molecule has 1 atom stereocenters. The van der Waals surface area contributed by atoms with Gasteiger partial charge in [0, 0.05) is 32.9 Å². The molecule has 0 saturated heterocycles. The number of carbonyl (C=O) groups excluding carboxylic acids is 1. The molecule has 1 aromatic carbocycles. The molecule has 0 saturated carbocycles. The van der Waals surface area contributed by atoms with Gasteiger partial charge < -0.3 is 4.98 Å². The Kier molecular flexibility index (Phi) is 4.48. The number of para-hydroxylation sites is 1. The molecular formula is C22H21N3OS2. The van der Waals surface area contributed by atoms with Crippen molar-refractivity contribution in [1.82, 2.24) is 15.0 Å². The van der Waals surface area contributed by atoms with E-state index in [0.717, 1.165) is 50.9 Å². The summed E-state index contributed by atoms with van der Waals surface area (Å²) in [5.74, 6) is 2.02. The molecule has 0 aliphatic heterocycles. The first-order valence-corrected chi connectivity index (χ1v) is 11.4. The fraction of sp³-hybridized carbons (Fsp3) is 0.318. The van der Waals surface area contributed by atoms with Crippen LogP contribution in [0.3, 0.4) is 0 Å². The van der Waals surface area contributed by atoms with Gasteiger partial charge in [-0.15, -0.1) is 11.3 Å². The topological polar surface area (TPSA) is 58.6 Å². The van der Waals surface area contributed by atoms with E-state index in [2.05, 4.69) is 16.9 Å². The van der Waals surface area contributed by atoms with E-state index >= 15 is 0 Å². The summed E-state index contributed by atoms with van der Waals surface area (Å²) < 4.78 is 0. The first kappa shape index (κ1) is 17.9. The Hall–Kier alpha value is -2.18. The molecule has 4 aromatic rings. The molecule has 28 heavy (non-hydrogen) atoms. The van der Waals surface area contributed by atoms with Crippen molar-refractivity contribution in [2.45, 2.75) is 38.1 Å². The lowest BCUT2D eigenvalue weighted by molar-refractivity contribution is 0.102. The average molecular weight is 408 g/mol. The smallest absolute Gasteiger partial charge is 0.175 e. The quantitative estimate of drug-likeness (QED) is 0.272. The van der Waals surface area contributed by atoms with Crippen molar-refractivity contribution in [3.63, 3.8) is 0 Å². The molecule has 3 aromatic heterocycles. The van der Waals surface area contributed by atoms with Crippen LogP contribution in [0.4, 0.5) is 0 Å².